The monoisotopic (exact) mass is 340 g/mol. The molecule has 25 heavy (non-hydrogen) atoms. The number of hydrogen-bond donors (Lipinski definition) is 0. The number of nitrogens with zero attached hydrogens (tertiary/aromatic N) is 4. The van der Waals surface area contributed by atoms with Crippen LogP contribution >= 0.6 is 0 Å². The second-order valence-corrected chi connectivity index (χ2v) is 6.25. The number of amides is 1. The molecule has 0 saturated carbocycles. The molecule has 132 valence electrons. The van der Waals surface area contributed by atoms with Crippen LogP contribution in [-0.2, 0) is 6.42 Å². The summed E-state index contributed by atoms with van der Waals surface area (Å²) in [7, 11) is 3.45. The highest BCUT2D eigenvalue weighted by molar-refractivity contribution is 6.09. The van der Waals surface area contributed by atoms with E-state index in [1.165, 1.54) is 12.7 Å². The molecule has 2 heterocycles. The van der Waals surface area contributed by atoms with E-state index in [-0.39, 0.29) is 11.9 Å². The van der Waals surface area contributed by atoms with Crippen LogP contribution < -0.4 is 14.5 Å². The van der Waals surface area contributed by atoms with Gasteiger partial charge >= 0.3 is 6.01 Å². The van der Waals surface area contributed by atoms with Crippen LogP contribution in [-0.4, -0.2) is 43.1 Å². The van der Waals surface area contributed by atoms with Gasteiger partial charge in [-0.2, -0.15) is 4.98 Å². The number of unbranched alkanes of at least 4 members (excludes halogenated alkanes) is 1. The van der Waals surface area contributed by atoms with Crippen LogP contribution in [0.4, 0.5) is 11.5 Å². The first-order valence-corrected chi connectivity index (χ1v) is 8.67. The van der Waals surface area contributed by atoms with Crippen molar-refractivity contribution in [1.29, 1.82) is 0 Å². The lowest BCUT2D eigenvalue weighted by atomic mass is 10.1. The SMILES string of the molecule is CCCCc1cccc(N2CCN(C)c3nc(OC)ncc3C2=O)c1. The third-order valence-corrected chi connectivity index (χ3v) is 4.47. The maximum absolute atomic E-state index is 13.1. The van der Waals surface area contributed by atoms with Gasteiger partial charge in [0.15, 0.2) is 0 Å². The number of likely N-dealkylation sites (N-methyl/N-ethyl adjacent to an activating group) is 1. The first-order chi connectivity index (χ1) is 12.1. The van der Waals surface area contributed by atoms with Crippen LogP contribution in [0, 0.1) is 0 Å². The topological polar surface area (TPSA) is 58.6 Å². The van der Waals surface area contributed by atoms with Crippen molar-refractivity contribution in [2.75, 3.05) is 37.0 Å². The zero-order valence-electron chi connectivity index (χ0n) is 15.0. The summed E-state index contributed by atoms with van der Waals surface area (Å²) >= 11 is 0. The number of carbonyl (C=O) groups is 1. The zero-order chi connectivity index (χ0) is 17.8. The summed E-state index contributed by atoms with van der Waals surface area (Å²) in [5.74, 6) is 0.538. The van der Waals surface area contributed by atoms with Gasteiger partial charge in [-0.05, 0) is 30.5 Å². The van der Waals surface area contributed by atoms with E-state index in [1.54, 1.807) is 6.20 Å². The fraction of sp³-hybridized carbons (Fsp3) is 0.421. The van der Waals surface area contributed by atoms with E-state index in [1.807, 2.05) is 29.0 Å². The molecule has 1 amide bonds. The number of methoxy groups -OCH3 is 1. The van der Waals surface area contributed by atoms with Crippen LogP contribution in [0.1, 0.15) is 35.7 Å². The standard InChI is InChI=1S/C19H24N4O2/c1-4-5-7-14-8-6-9-15(12-14)23-11-10-22(2)17-16(18(23)24)13-20-19(21-17)25-3/h6,8-9,12-13H,4-5,7,10-11H2,1-3H3. The van der Waals surface area contributed by atoms with Gasteiger partial charge < -0.3 is 14.5 Å². The molecule has 2 aromatic rings. The van der Waals surface area contributed by atoms with Gasteiger partial charge in [0, 0.05) is 32.0 Å². The van der Waals surface area contributed by atoms with Gasteiger partial charge in [-0.3, -0.25) is 4.79 Å². The number of carbonyl (C=O) groups excluding carboxylic acids is 1. The lowest BCUT2D eigenvalue weighted by Gasteiger charge is -2.21. The van der Waals surface area contributed by atoms with Gasteiger partial charge in [0.05, 0.1) is 7.11 Å². The summed E-state index contributed by atoms with van der Waals surface area (Å²) < 4.78 is 5.10. The molecular weight excluding hydrogens is 316 g/mol. The molecule has 0 fully saturated rings. The number of aromatic nitrogens is 2. The summed E-state index contributed by atoms with van der Waals surface area (Å²) in [5.41, 5.74) is 2.69. The fourth-order valence-corrected chi connectivity index (χ4v) is 3.01. The summed E-state index contributed by atoms with van der Waals surface area (Å²) in [4.78, 5) is 25.3. The lowest BCUT2D eigenvalue weighted by Crippen LogP contribution is -2.33. The molecule has 0 atom stereocenters. The average Bonchev–Trinajstić information content (AvgIpc) is 2.77. The van der Waals surface area contributed by atoms with Gasteiger partial charge in [-0.25, -0.2) is 4.98 Å². The number of benzene rings is 1. The van der Waals surface area contributed by atoms with E-state index in [0.717, 1.165) is 24.9 Å². The van der Waals surface area contributed by atoms with Crippen LogP contribution in [0.5, 0.6) is 6.01 Å². The van der Waals surface area contributed by atoms with Crippen molar-refractivity contribution in [2.24, 2.45) is 0 Å². The molecular formula is C19H24N4O2. The number of aryl methyl sites for hydroxylation is 1. The van der Waals surface area contributed by atoms with E-state index in [0.29, 0.717) is 24.5 Å². The van der Waals surface area contributed by atoms with Crippen molar-refractivity contribution >= 4 is 17.4 Å². The Morgan fingerprint density at radius 2 is 2.12 bits per heavy atom. The summed E-state index contributed by atoms with van der Waals surface area (Å²) in [6, 6.07) is 8.52. The van der Waals surface area contributed by atoms with Crippen LogP contribution in [0.2, 0.25) is 0 Å². The molecule has 0 unspecified atom stereocenters. The van der Waals surface area contributed by atoms with Gasteiger partial charge in [-0.1, -0.05) is 25.5 Å². The Morgan fingerprint density at radius 1 is 1.28 bits per heavy atom. The summed E-state index contributed by atoms with van der Waals surface area (Å²) in [5, 5.41) is 0. The molecule has 0 bridgehead atoms. The molecule has 0 saturated heterocycles. The average molecular weight is 340 g/mol. The molecule has 1 aliphatic heterocycles. The Balaban J connectivity index is 1.94. The first kappa shape index (κ1) is 17.2. The van der Waals surface area contributed by atoms with Crippen molar-refractivity contribution in [1.82, 2.24) is 9.97 Å². The van der Waals surface area contributed by atoms with Crippen LogP contribution in [0.3, 0.4) is 0 Å². The predicted molar refractivity (Wildman–Crippen MR) is 98.6 cm³/mol. The summed E-state index contributed by atoms with van der Waals surface area (Å²) in [6.45, 7) is 3.48. The third kappa shape index (κ3) is 3.57. The maximum Gasteiger partial charge on any atom is 0.318 e. The van der Waals surface area contributed by atoms with E-state index in [2.05, 4.69) is 29.0 Å². The highest BCUT2D eigenvalue weighted by Crippen LogP contribution is 2.27. The minimum absolute atomic E-state index is 0.0744. The van der Waals surface area contributed by atoms with Gasteiger partial charge in [0.2, 0.25) is 0 Å². The Hall–Kier alpha value is -2.63. The summed E-state index contributed by atoms with van der Waals surface area (Å²) in [6.07, 6.45) is 4.89. The second kappa shape index (κ2) is 7.51. The molecule has 3 rings (SSSR count). The van der Waals surface area contributed by atoms with Crippen molar-refractivity contribution in [2.45, 2.75) is 26.2 Å². The fourth-order valence-electron chi connectivity index (χ4n) is 3.01. The minimum Gasteiger partial charge on any atom is -0.467 e. The Labute approximate surface area is 148 Å². The predicted octanol–water partition coefficient (Wildman–Crippen LogP) is 2.92. The molecule has 1 aromatic carbocycles. The smallest absolute Gasteiger partial charge is 0.318 e. The van der Waals surface area contributed by atoms with E-state index in [4.69, 9.17) is 4.74 Å². The number of anilines is 2. The van der Waals surface area contributed by atoms with Crippen molar-refractivity contribution in [3.05, 3.63) is 41.6 Å². The zero-order valence-corrected chi connectivity index (χ0v) is 15.0. The molecule has 6 nitrogen and oxygen atoms in total. The molecule has 0 N–H and O–H groups in total. The molecule has 6 heteroatoms. The number of rotatable bonds is 5. The minimum atomic E-state index is -0.0744. The Kier molecular flexibility index (Phi) is 5.16. The van der Waals surface area contributed by atoms with E-state index in [9.17, 15) is 4.79 Å². The lowest BCUT2D eigenvalue weighted by molar-refractivity contribution is 0.0989. The van der Waals surface area contributed by atoms with Gasteiger partial charge in [0.25, 0.3) is 5.91 Å². The largest absolute Gasteiger partial charge is 0.467 e. The quantitative estimate of drug-likeness (QED) is 0.837. The Morgan fingerprint density at radius 3 is 2.88 bits per heavy atom. The molecule has 0 aliphatic carbocycles. The number of fused-ring (bicyclic) bond motifs is 1. The van der Waals surface area contributed by atoms with Crippen molar-refractivity contribution in [3.63, 3.8) is 0 Å². The number of hydrogen-bond acceptors (Lipinski definition) is 5. The van der Waals surface area contributed by atoms with E-state index < -0.39 is 0 Å². The van der Waals surface area contributed by atoms with Crippen molar-refractivity contribution < 1.29 is 9.53 Å². The second-order valence-electron chi connectivity index (χ2n) is 6.25. The maximum atomic E-state index is 13.1. The highest BCUT2D eigenvalue weighted by atomic mass is 16.5. The third-order valence-electron chi connectivity index (χ3n) is 4.47. The normalized spacial score (nSPS) is 14.3. The highest BCUT2D eigenvalue weighted by Gasteiger charge is 2.28. The van der Waals surface area contributed by atoms with Crippen molar-refractivity contribution in [3.8, 4) is 6.01 Å². The Bertz CT molecular complexity index is 763. The van der Waals surface area contributed by atoms with Gasteiger partial charge in [0.1, 0.15) is 11.4 Å². The van der Waals surface area contributed by atoms with Crippen LogP contribution in [0.15, 0.2) is 30.5 Å². The molecule has 1 aromatic heterocycles. The van der Waals surface area contributed by atoms with Crippen LogP contribution in [0.25, 0.3) is 0 Å². The first-order valence-electron chi connectivity index (χ1n) is 8.67. The van der Waals surface area contributed by atoms with E-state index >= 15 is 0 Å². The van der Waals surface area contributed by atoms with Gasteiger partial charge in [-0.15, -0.1) is 0 Å². The number of ether oxygens (including phenoxy) is 1. The molecule has 0 spiro atoms. The molecule has 0 radical (unpaired) electrons. The molecule has 1 aliphatic rings.